The lowest BCUT2D eigenvalue weighted by Crippen LogP contribution is -2.15. The highest BCUT2D eigenvalue weighted by atomic mass is 16.3. The molecule has 0 aliphatic heterocycles. The van der Waals surface area contributed by atoms with Gasteiger partial charge >= 0.3 is 0 Å². The second kappa shape index (κ2) is 2.95. The summed E-state index contributed by atoms with van der Waals surface area (Å²) >= 11 is 0. The van der Waals surface area contributed by atoms with Crippen LogP contribution in [0.5, 0.6) is 0 Å². The topological polar surface area (TPSA) is 29.4 Å². The summed E-state index contributed by atoms with van der Waals surface area (Å²) in [7, 11) is 0. The minimum atomic E-state index is 0.133. The van der Waals surface area contributed by atoms with Gasteiger partial charge in [-0.25, -0.2) is 0 Å². The standard InChI is InChI=1S/C7H13NO/c1-6-3-2-4-7(5-6)8-9/h6-7H,2-5H2,1H3/t6-,7?/m1/s1. The van der Waals surface area contributed by atoms with E-state index < -0.39 is 0 Å². The first-order chi connectivity index (χ1) is 4.33. The van der Waals surface area contributed by atoms with E-state index in [1.54, 1.807) is 0 Å². The van der Waals surface area contributed by atoms with E-state index in [1.807, 2.05) is 0 Å². The highest BCUT2D eigenvalue weighted by Crippen LogP contribution is 2.25. The third-order valence-electron chi connectivity index (χ3n) is 2.06. The molecule has 0 aromatic heterocycles. The fourth-order valence-electron chi connectivity index (χ4n) is 1.50. The smallest absolute Gasteiger partial charge is 0.0922 e. The molecule has 1 rings (SSSR count). The number of rotatable bonds is 1. The zero-order chi connectivity index (χ0) is 6.69. The van der Waals surface area contributed by atoms with E-state index >= 15 is 0 Å². The summed E-state index contributed by atoms with van der Waals surface area (Å²) in [6, 6.07) is 0.133. The summed E-state index contributed by atoms with van der Waals surface area (Å²) in [6.07, 6.45) is 4.51. The average molecular weight is 127 g/mol. The molecule has 0 aromatic carbocycles. The Kier molecular flexibility index (Phi) is 2.20. The Morgan fingerprint density at radius 3 is 2.67 bits per heavy atom. The fraction of sp³-hybridized carbons (Fsp3) is 1.00. The average Bonchev–Trinajstić information content (AvgIpc) is 1.88. The van der Waals surface area contributed by atoms with Gasteiger partial charge in [0.1, 0.15) is 0 Å². The lowest BCUT2D eigenvalue weighted by atomic mass is 9.88. The molecule has 0 N–H and O–H groups in total. The van der Waals surface area contributed by atoms with Crippen molar-refractivity contribution in [1.82, 2.24) is 0 Å². The van der Waals surface area contributed by atoms with E-state index in [2.05, 4.69) is 12.1 Å². The normalized spacial score (nSPS) is 36.1. The molecule has 0 spiro atoms. The number of hydrogen-bond donors (Lipinski definition) is 0. The van der Waals surface area contributed by atoms with Gasteiger partial charge in [-0.3, -0.25) is 0 Å². The van der Waals surface area contributed by atoms with Crippen LogP contribution in [0.2, 0.25) is 0 Å². The number of hydrogen-bond acceptors (Lipinski definition) is 2. The van der Waals surface area contributed by atoms with Crippen LogP contribution in [0.15, 0.2) is 5.18 Å². The number of nitrogens with zero attached hydrogens (tertiary/aromatic N) is 1. The fourth-order valence-corrected chi connectivity index (χ4v) is 1.50. The quantitative estimate of drug-likeness (QED) is 0.497. The van der Waals surface area contributed by atoms with Crippen LogP contribution in [0.4, 0.5) is 0 Å². The molecule has 9 heavy (non-hydrogen) atoms. The zero-order valence-corrected chi connectivity index (χ0v) is 5.84. The molecule has 0 bridgehead atoms. The lowest BCUT2D eigenvalue weighted by molar-refractivity contribution is 0.344. The van der Waals surface area contributed by atoms with Crippen LogP contribution in [-0.4, -0.2) is 6.04 Å². The third-order valence-corrected chi connectivity index (χ3v) is 2.06. The van der Waals surface area contributed by atoms with Crippen molar-refractivity contribution in [2.24, 2.45) is 11.1 Å². The molecular weight excluding hydrogens is 114 g/mol. The molecule has 1 saturated carbocycles. The Morgan fingerprint density at radius 1 is 1.44 bits per heavy atom. The Bertz CT molecular complexity index is 103. The van der Waals surface area contributed by atoms with Crippen molar-refractivity contribution in [3.8, 4) is 0 Å². The summed E-state index contributed by atoms with van der Waals surface area (Å²) < 4.78 is 0. The van der Waals surface area contributed by atoms with E-state index in [1.165, 1.54) is 12.8 Å². The monoisotopic (exact) mass is 127 g/mol. The highest BCUT2D eigenvalue weighted by Gasteiger charge is 2.18. The van der Waals surface area contributed by atoms with Gasteiger partial charge in [-0.1, -0.05) is 24.9 Å². The van der Waals surface area contributed by atoms with Crippen LogP contribution in [0, 0.1) is 10.8 Å². The second-order valence-corrected chi connectivity index (χ2v) is 3.03. The van der Waals surface area contributed by atoms with Crippen LogP contribution in [0.1, 0.15) is 32.6 Å². The van der Waals surface area contributed by atoms with Crippen LogP contribution in [-0.2, 0) is 0 Å². The largest absolute Gasteiger partial charge is 0.151 e. The zero-order valence-electron chi connectivity index (χ0n) is 5.84. The molecule has 52 valence electrons. The minimum Gasteiger partial charge on any atom is -0.151 e. The predicted octanol–water partition coefficient (Wildman–Crippen LogP) is 2.33. The van der Waals surface area contributed by atoms with Gasteiger partial charge in [-0.15, -0.1) is 0 Å². The van der Waals surface area contributed by atoms with Gasteiger partial charge in [0, 0.05) is 0 Å². The maximum absolute atomic E-state index is 10.1. The van der Waals surface area contributed by atoms with Crippen molar-refractivity contribution < 1.29 is 0 Å². The van der Waals surface area contributed by atoms with Gasteiger partial charge in [0.2, 0.25) is 0 Å². The van der Waals surface area contributed by atoms with E-state index in [-0.39, 0.29) is 6.04 Å². The van der Waals surface area contributed by atoms with Gasteiger partial charge < -0.3 is 0 Å². The van der Waals surface area contributed by atoms with Crippen LogP contribution in [0.25, 0.3) is 0 Å². The van der Waals surface area contributed by atoms with E-state index in [0.717, 1.165) is 18.8 Å². The molecule has 1 fully saturated rings. The molecule has 1 unspecified atom stereocenters. The predicted molar refractivity (Wildman–Crippen MR) is 37.2 cm³/mol. The van der Waals surface area contributed by atoms with Crippen LogP contribution < -0.4 is 0 Å². The van der Waals surface area contributed by atoms with Gasteiger partial charge in [0.05, 0.1) is 6.04 Å². The van der Waals surface area contributed by atoms with Crippen molar-refractivity contribution in [2.45, 2.75) is 38.6 Å². The summed E-state index contributed by atoms with van der Waals surface area (Å²) in [5.74, 6) is 0.724. The Morgan fingerprint density at radius 2 is 2.22 bits per heavy atom. The first kappa shape index (κ1) is 6.72. The molecule has 1 aliphatic carbocycles. The second-order valence-electron chi connectivity index (χ2n) is 3.03. The molecule has 0 amide bonds. The maximum Gasteiger partial charge on any atom is 0.0922 e. The molecule has 0 saturated heterocycles. The summed E-state index contributed by atoms with van der Waals surface area (Å²) in [5.41, 5.74) is 0. The number of nitroso groups, excluding NO2 is 1. The Hall–Kier alpha value is -0.400. The summed E-state index contributed by atoms with van der Waals surface area (Å²) in [4.78, 5) is 10.1. The van der Waals surface area contributed by atoms with Gasteiger partial charge in [0.25, 0.3) is 0 Å². The van der Waals surface area contributed by atoms with Gasteiger partial charge in [-0.2, -0.15) is 4.91 Å². The molecule has 0 aromatic rings. The van der Waals surface area contributed by atoms with Crippen LogP contribution in [0.3, 0.4) is 0 Å². The molecule has 0 radical (unpaired) electrons. The summed E-state index contributed by atoms with van der Waals surface area (Å²) in [5, 5.41) is 3.05. The Balaban J connectivity index is 2.31. The molecule has 0 heterocycles. The molecule has 2 atom stereocenters. The van der Waals surface area contributed by atoms with Gasteiger partial charge in [-0.05, 0) is 18.8 Å². The Labute approximate surface area is 55.6 Å². The van der Waals surface area contributed by atoms with Gasteiger partial charge in [0.15, 0.2) is 0 Å². The highest BCUT2D eigenvalue weighted by molar-refractivity contribution is 4.74. The maximum atomic E-state index is 10.1. The first-order valence-corrected chi connectivity index (χ1v) is 3.65. The van der Waals surface area contributed by atoms with E-state index in [9.17, 15) is 4.91 Å². The summed E-state index contributed by atoms with van der Waals surface area (Å²) in [6.45, 7) is 2.19. The minimum absolute atomic E-state index is 0.133. The molecule has 2 heteroatoms. The molecule has 1 aliphatic rings. The van der Waals surface area contributed by atoms with Crippen molar-refractivity contribution in [3.05, 3.63) is 4.91 Å². The van der Waals surface area contributed by atoms with Crippen molar-refractivity contribution >= 4 is 0 Å². The van der Waals surface area contributed by atoms with Crippen LogP contribution >= 0.6 is 0 Å². The first-order valence-electron chi connectivity index (χ1n) is 3.65. The molecular formula is C7H13NO. The van der Waals surface area contributed by atoms with E-state index in [4.69, 9.17) is 0 Å². The van der Waals surface area contributed by atoms with E-state index in [0.29, 0.717) is 0 Å². The molecule has 2 nitrogen and oxygen atoms in total. The lowest BCUT2D eigenvalue weighted by Gasteiger charge is -2.20. The van der Waals surface area contributed by atoms with Crippen molar-refractivity contribution in [2.75, 3.05) is 0 Å². The van der Waals surface area contributed by atoms with Crippen molar-refractivity contribution in [3.63, 3.8) is 0 Å². The SMILES string of the molecule is C[C@@H]1CCCC(N=O)C1. The van der Waals surface area contributed by atoms with Crippen molar-refractivity contribution in [1.29, 1.82) is 0 Å². The third kappa shape index (κ3) is 1.77.